The molecule has 0 aliphatic rings. The van der Waals surface area contributed by atoms with Gasteiger partial charge in [0.1, 0.15) is 0 Å². The summed E-state index contributed by atoms with van der Waals surface area (Å²) >= 11 is 0. The first-order valence-electron chi connectivity index (χ1n) is 5.67. The molecule has 6 heteroatoms. The van der Waals surface area contributed by atoms with E-state index in [4.69, 9.17) is 0 Å². The summed E-state index contributed by atoms with van der Waals surface area (Å²) in [4.78, 5) is 22.6. The minimum atomic E-state index is -1.68. The number of hydrogen-bond donors (Lipinski definition) is 2. The maximum absolute atomic E-state index is 11.3. The topological polar surface area (TPSA) is 74.6 Å². The van der Waals surface area contributed by atoms with Gasteiger partial charge >= 0.3 is 60.4 Å². The molecule has 0 amide bonds. The van der Waals surface area contributed by atoms with Gasteiger partial charge in [-0.1, -0.05) is 47.0 Å². The second kappa shape index (κ2) is 9.44. The molecule has 4 nitrogen and oxygen atoms in total. The standard InChI is InChI=1S/C12H22O4.Li.Na.2H/c1-5-6-7-8-12(9(13)14,10(15)16)11(2,3)4;;;;/h5-8H2,1-4H3,(H,13,14)(H,15,16);;;;. The predicted octanol–water partition coefficient (Wildman–Crippen LogP) is 1.47. The molecule has 0 saturated carbocycles. The molecule has 0 aliphatic heterocycles. The number of unbranched alkanes of at least 4 members (excludes halogenated alkanes) is 2. The third-order valence-electron chi connectivity index (χ3n) is 3.17. The Bertz CT molecular complexity index is 260. The van der Waals surface area contributed by atoms with Crippen LogP contribution in [0.2, 0.25) is 0 Å². The molecular weight excluding hydrogens is 238 g/mol. The summed E-state index contributed by atoms with van der Waals surface area (Å²) in [5, 5.41) is 18.5. The van der Waals surface area contributed by atoms with E-state index in [0.29, 0.717) is 6.42 Å². The molecule has 0 aromatic carbocycles. The van der Waals surface area contributed by atoms with Crippen LogP contribution in [0, 0.1) is 10.8 Å². The molecule has 0 fully saturated rings. The normalized spacial score (nSPS) is 11.1. The van der Waals surface area contributed by atoms with Crippen LogP contribution in [0.5, 0.6) is 0 Å². The minimum absolute atomic E-state index is 0. The van der Waals surface area contributed by atoms with Gasteiger partial charge in [-0.05, 0) is 11.8 Å². The second-order valence-electron chi connectivity index (χ2n) is 5.22. The van der Waals surface area contributed by atoms with Crippen LogP contribution >= 0.6 is 0 Å². The summed E-state index contributed by atoms with van der Waals surface area (Å²) in [6, 6.07) is 0. The van der Waals surface area contributed by atoms with Gasteiger partial charge in [0.2, 0.25) is 0 Å². The van der Waals surface area contributed by atoms with Crippen LogP contribution in [0.25, 0.3) is 0 Å². The van der Waals surface area contributed by atoms with E-state index < -0.39 is 22.8 Å². The molecule has 0 aliphatic carbocycles. The number of carboxylic acid groups (broad SMARTS) is 2. The van der Waals surface area contributed by atoms with E-state index in [2.05, 4.69) is 0 Å². The Morgan fingerprint density at radius 3 is 1.61 bits per heavy atom. The van der Waals surface area contributed by atoms with Gasteiger partial charge in [-0.15, -0.1) is 0 Å². The molecule has 0 rings (SSSR count). The molecule has 0 radical (unpaired) electrons. The SMILES string of the molecule is CCCCCC(C(=O)O)(C(=O)O)C(C)(C)C.[LiH].[NaH]. The molecule has 0 spiro atoms. The van der Waals surface area contributed by atoms with Crippen molar-refractivity contribution >= 4 is 60.4 Å². The number of rotatable bonds is 6. The quantitative estimate of drug-likeness (QED) is 0.432. The zero-order chi connectivity index (χ0) is 13.0. The van der Waals surface area contributed by atoms with Gasteiger partial charge in [-0.2, -0.15) is 0 Å². The first-order chi connectivity index (χ1) is 7.20. The fourth-order valence-electron chi connectivity index (χ4n) is 1.96. The van der Waals surface area contributed by atoms with Crippen LogP contribution in [-0.4, -0.2) is 70.6 Å². The van der Waals surface area contributed by atoms with Crippen LogP contribution in [0.1, 0.15) is 53.4 Å². The van der Waals surface area contributed by atoms with Crippen LogP contribution in [0.4, 0.5) is 0 Å². The van der Waals surface area contributed by atoms with Crippen molar-refractivity contribution < 1.29 is 19.8 Å². The molecule has 0 unspecified atom stereocenters. The zero-order valence-electron chi connectivity index (χ0n) is 10.5. The Balaban J connectivity index is -0.00000112. The van der Waals surface area contributed by atoms with Gasteiger partial charge in [0.05, 0.1) is 0 Å². The fourth-order valence-corrected chi connectivity index (χ4v) is 1.96. The molecule has 2 N–H and O–H groups in total. The first kappa shape index (κ1) is 23.6. The van der Waals surface area contributed by atoms with E-state index in [1.807, 2.05) is 6.92 Å². The van der Waals surface area contributed by atoms with Crippen LogP contribution in [0.15, 0.2) is 0 Å². The van der Waals surface area contributed by atoms with Gasteiger partial charge in [0, 0.05) is 0 Å². The Hall–Kier alpha value is 0.537. The summed E-state index contributed by atoms with van der Waals surface area (Å²) < 4.78 is 0. The first-order valence-corrected chi connectivity index (χ1v) is 5.67. The summed E-state index contributed by atoms with van der Waals surface area (Å²) in [6.45, 7) is 7.00. The number of aliphatic carboxylic acids is 2. The Morgan fingerprint density at radius 2 is 1.39 bits per heavy atom. The van der Waals surface area contributed by atoms with Crippen molar-refractivity contribution in [1.29, 1.82) is 0 Å². The predicted molar refractivity (Wildman–Crippen MR) is 75.6 cm³/mol. The average molecular weight is 262 g/mol. The third kappa shape index (κ3) is 5.26. The van der Waals surface area contributed by atoms with Crippen LogP contribution < -0.4 is 0 Å². The van der Waals surface area contributed by atoms with E-state index in [-0.39, 0.29) is 54.8 Å². The molecule has 0 aromatic rings. The van der Waals surface area contributed by atoms with Crippen LogP contribution in [-0.2, 0) is 9.59 Å². The monoisotopic (exact) mass is 262 g/mol. The van der Waals surface area contributed by atoms with E-state index in [9.17, 15) is 19.8 Å². The zero-order valence-corrected chi connectivity index (χ0v) is 10.5. The summed E-state index contributed by atoms with van der Waals surface area (Å²) in [7, 11) is 0. The van der Waals surface area contributed by atoms with Crippen molar-refractivity contribution in [3.63, 3.8) is 0 Å². The Kier molecular flexibility index (Phi) is 12.4. The van der Waals surface area contributed by atoms with E-state index >= 15 is 0 Å². The molecule has 98 valence electrons. The van der Waals surface area contributed by atoms with Crippen molar-refractivity contribution in [3.8, 4) is 0 Å². The second-order valence-corrected chi connectivity index (χ2v) is 5.22. The Morgan fingerprint density at radius 1 is 1.00 bits per heavy atom. The molecule has 0 atom stereocenters. The van der Waals surface area contributed by atoms with Crippen molar-refractivity contribution in [2.24, 2.45) is 10.8 Å². The summed E-state index contributed by atoms with van der Waals surface area (Å²) in [5.41, 5.74) is -2.47. The van der Waals surface area contributed by atoms with Gasteiger partial charge in [0.25, 0.3) is 0 Å². The van der Waals surface area contributed by atoms with Crippen molar-refractivity contribution in [2.75, 3.05) is 0 Å². The van der Waals surface area contributed by atoms with Crippen molar-refractivity contribution in [1.82, 2.24) is 0 Å². The summed E-state index contributed by atoms with van der Waals surface area (Å²) in [5.74, 6) is -2.47. The number of carbonyl (C=O) groups is 2. The van der Waals surface area contributed by atoms with Crippen molar-refractivity contribution in [3.05, 3.63) is 0 Å². The molecule has 0 heterocycles. The Labute approximate surface area is 143 Å². The van der Waals surface area contributed by atoms with E-state index in [0.717, 1.165) is 12.8 Å². The van der Waals surface area contributed by atoms with Gasteiger partial charge in [0.15, 0.2) is 5.41 Å². The molecule has 0 aromatic heterocycles. The van der Waals surface area contributed by atoms with Gasteiger partial charge in [-0.3, -0.25) is 9.59 Å². The van der Waals surface area contributed by atoms with Crippen molar-refractivity contribution in [2.45, 2.75) is 53.4 Å². The van der Waals surface area contributed by atoms with E-state index in [1.54, 1.807) is 20.8 Å². The van der Waals surface area contributed by atoms with E-state index in [1.165, 1.54) is 0 Å². The molecule has 0 saturated heterocycles. The fraction of sp³-hybridized carbons (Fsp3) is 0.833. The molecular formula is C12H24LiNaO4. The summed E-state index contributed by atoms with van der Waals surface area (Å²) in [6.07, 6.45) is 2.62. The third-order valence-corrected chi connectivity index (χ3v) is 3.17. The maximum atomic E-state index is 11.3. The van der Waals surface area contributed by atoms with Gasteiger partial charge < -0.3 is 10.2 Å². The van der Waals surface area contributed by atoms with Crippen LogP contribution in [0.3, 0.4) is 0 Å². The molecule has 0 bridgehead atoms. The number of hydrogen-bond acceptors (Lipinski definition) is 2. The molecule has 18 heavy (non-hydrogen) atoms. The average Bonchev–Trinajstić information content (AvgIpc) is 2.08. The number of carboxylic acids is 2. The van der Waals surface area contributed by atoms with Gasteiger partial charge in [-0.25, -0.2) is 0 Å².